The van der Waals surface area contributed by atoms with E-state index in [9.17, 15) is 4.39 Å². The molecule has 1 rings (SSSR count). The highest BCUT2D eigenvalue weighted by Crippen LogP contribution is 2.19. The van der Waals surface area contributed by atoms with Crippen LogP contribution in [0.25, 0.3) is 0 Å². The first-order chi connectivity index (χ1) is 7.49. The van der Waals surface area contributed by atoms with Gasteiger partial charge in [0.1, 0.15) is 5.82 Å². The minimum absolute atomic E-state index is 0.309. The molecule has 1 aromatic carbocycles. The Kier molecular flexibility index (Phi) is 5.15. The first-order valence-electron chi connectivity index (χ1n) is 4.99. The van der Waals surface area contributed by atoms with Gasteiger partial charge in [-0.05, 0) is 52.3 Å². The Morgan fingerprint density at radius 1 is 1.50 bits per heavy atom. The molecule has 0 heterocycles. The molecule has 0 bridgehead atoms. The Hall–Kier alpha value is -0.680. The van der Waals surface area contributed by atoms with E-state index in [1.807, 2.05) is 0 Å². The first-order valence-corrected chi connectivity index (χ1v) is 6.19. The van der Waals surface area contributed by atoms with Gasteiger partial charge in [-0.15, -0.1) is 0 Å². The molecule has 0 atom stereocenters. The lowest BCUT2D eigenvalue weighted by Gasteiger charge is -2.12. The zero-order valence-corrected chi connectivity index (χ0v) is 11.6. The van der Waals surface area contributed by atoms with Gasteiger partial charge in [0.25, 0.3) is 0 Å². The molecule has 0 spiro atoms. The molecule has 2 nitrogen and oxygen atoms in total. The summed E-state index contributed by atoms with van der Waals surface area (Å²) in [5.74, 6) is 0.207. The third-order valence-electron chi connectivity index (χ3n) is 1.85. The molecule has 2 N–H and O–H groups in total. The molecular formula is C11H14BrFN2S. The Morgan fingerprint density at radius 2 is 2.19 bits per heavy atom. The van der Waals surface area contributed by atoms with Crippen molar-refractivity contribution in [1.29, 1.82) is 0 Å². The summed E-state index contributed by atoms with van der Waals surface area (Å²) in [4.78, 5) is 0. The number of hydrogen-bond donors (Lipinski definition) is 2. The maximum absolute atomic E-state index is 13.2. The predicted molar refractivity (Wildman–Crippen MR) is 73.2 cm³/mol. The summed E-state index contributed by atoms with van der Waals surface area (Å²) < 4.78 is 13.6. The summed E-state index contributed by atoms with van der Waals surface area (Å²) in [5, 5.41) is 6.49. The minimum atomic E-state index is -0.309. The summed E-state index contributed by atoms with van der Waals surface area (Å²) in [6.07, 6.45) is 0. The second kappa shape index (κ2) is 6.15. The van der Waals surface area contributed by atoms with Gasteiger partial charge < -0.3 is 10.6 Å². The first kappa shape index (κ1) is 13.4. The Bertz CT molecular complexity index is 382. The molecule has 0 aliphatic carbocycles. The molecule has 88 valence electrons. The van der Waals surface area contributed by atoms with Crippen LogP contribution in [-0.4, -0.2) is 11.7 Å². The van der Waals surface area contributed by atoms with Crippen LogP contribution < -0.4 is 10.6 Å². The van der Waals surface area contributed by atoms with Crippen LogP contribution in [-0.2, 0) is 0 Å². The lowest BCUT2D eigenvalue weighted by Crippen LogP contribution is -2.31. The van der Waals surface area contributed by atoms with Crippen LogP contribution in [0.15, 0.2) is 22.7 Å². The molecule has 0 aromatic heterocycles. The third-order valence-corrected chi connectivity index (χ3v) is 2.74. The third kappa shape index (κ3) is 4.45. The lowest BCUT2D eigenvalue weighted by atomic mass is 10.2. The molecule has 0 aliphatic heterocycles. The summed E-state index contributed by atoms with van der Waals surface area (Å²) >= 11 is 8.17. The molecule has 0 saturated heterocycles. The average molecular weight is 305 g/mol. The molecule has 5 heteroatoms. The lowest BCUT2D eigenvalue weighted by molar-refractivity contribution is 0.621. The van der Waals surface area contributed by atoms with E-state index in [-0.39, 0.29) is 5.82 Å². The molecule has 0 amide bonds. The second-order valence-corrected chi connectivity index (χ2v) is 5.12. The zero-order chi connectivity index (χ0) is 12.1. The van der Waals surface area contributed by atoms with Gasteiger partial charge in [-0.25, -0.2) is 4.39 Å². The maximum atomic E-state index is 13.2. The average Bonchev–Trinajstić information content (AvgIpc) is 2.21. The van der Waals surface area contributed by atoms with E-state index in [1.165, 1.54) is 6.07 Å². The van der Waals surface area contributed by atoms with Crippen molar-refractivity contribution in [2.45, 2.75) is 13.8 Å². The highest BCUT2D eigenvalue weighted by molar-refractivity contribution is 9.10. The minimum Gasteiger partial charge on any atom is -0.362 e. The van der Waals surface area contributed by atoms with Gasteiger partial charge in [0, 0.05) is 12.2 Å². The standard InChI is InChI=1S/C11H14BrFN2S/c1-7(2)6-14-11(16)15-8-3-4-9(12)10(13)5-8/h3-5,7H,6H2,1-2H3,(H2,14,15,16). The largest absolute Gasteiger partial charge is 0.362 e. The quantitative estimate of drug-likeness (QED) is 0.835. The highest BCUT2D eigenvalue weighted by Gasteiger charge is 2.02. The van der Waals surface area contributed by atoms with Crippen LogP contribution in [0.4, 0.5) is 10.1 Å². The van der Waals surface area contributed by atoms with Crippen LogP contribution in [0.5, 0.6) is 0 Å². The van der Waals surface area contributed by atoms with Gasteiger partial charge in [0.15, 0.2) is 5.11 Å². The SMILES string of the molecule is CC(C)CNC(=S)Nc1ccc(Br)c(F)c1. The van der Waals surface area contributed by atoms with Crippen molar-refractivity contribution < 1.29 is 4.39 Å². The van der Waals surface area contributed by atoms with Crippen molar-refractivity contribution in [2.24, 2.45) is 5.92 Å². The highest BCUT2D eigenvalue weighted by atomic mass is 79.9. The van der Waals surface area contributed by atoms with Crippen molar-refractivity contribution in [1.82, 2.24) is 5.32 Å². The van der Waals surface area contributed by atoms with Crippen molar-refractivity contribution in [3.63, 3.8) is 0 Å². The number of nitrogens with one attached hydrogen (secondary N) is 2. The van der Waals surface area contributed by atoms with E-state index >= 15 is 0 Å². The molecule has 1 aromatic rings. The number of thiocarbonyl (C=S) groups is 1. The number of rotatable bonds is 3. The summed E-state index contributed by atoms with van der Waals surface area (Å²) in [6, 6.07) is 4.80. The van der Waals surface area contributed by atoms with Crippen molar-refractivity contribution in [3.8, 4) is 0 Å². The van der Waals surface area contributed by atoms with Crippen molar-refractivity contribution in [2.75, 3.05) is 11.9 Å². The van der Waals surface area contributed by atoms with Gasteiger partial charge in [-0.3, -0.25) is 0 Å². The summed E-state index contributed by atoms with van der Waals surface area (Å²) in [5.41, 5.74) is 0.641. The van der Waals surface area contributed by atoms with E-state index < -0.39 is 0 Å². The molecule has 16 heavy (non-hydrogen) atoms. The van der Waals surface area contributed by atoms with Crippen LogP contribution in [0.2, 0.25) is 0 Å². The molecule has 0 aliphatic rings. The topological polar surface area (TPSA) is 24.1 Å². The second-order valence-electron chi connectivity index (χ2n) is 3.86. The fourth-order valence-corrected chi connectivity index (χ4v) is 1.49. The van der Waals surface area contributed by atoms with Crippen LogP contribution in [0.3, 0.4) is 0 Å². The van der Waals surface area contributed by atoms with Gasteiger partial charge in [-0.2, -0.15) is 0 Å². The summed E-state index contributed by atoms with van der Waals surface area (Å²) in [6.45, 7) is 4.98. The molecular weight excluding hydrogens is 291 g/mol. The van der Waals surface area contributed by atoms with Gasteiger partial charge >= 0.3 is 0 Å². The number of halogens is 2. The van der Waals surface area contributed by atoms with E-state index in [0.29, 0.717) is 21.2 Å². The smallest absolute Gasteiger partial charge is 0.170 e. The fourth-order valence-electron chi connectivity index (χ4n) is 1.05. The van der Waals surface area contributed by atoms with Crippen LogP contribution in [0.1, 0.15) is 13.8 Å². The molecule has 0 unspecified atom stereocenters. The Balaban J connectivity index is 2.53. The van der Waals surface area contributed by atoms with Gasteiger partial charge in [-0.1, -0.05) is 13.8 Å². The number of benzene rings is 1. The molecule has 0 radical (unpaired) electrons. The number of hydrogen-bond acceptors (Lipinski definition) is 1. The molecule has 0 fully saturated rings. The van der Waals surface area contributed by atoms with Crippen LogP contribution >= 0.6 is 28.1 Å². The zero-order valence-electron chi connectivity index (χ0n) is 9.18. The fraction of sp³-hybridized carbons (Fsp3) is 0.364. The van der Waals surface area contributed by atoms with E-state index in [2.05, 4.69) is 40.4 Å². The number of anilines is 1. The van der Waals surface area contributed by atoms with Crippen molar-refractivity contribution in [3.05, 3.63) is 28.5 Å². The molecule has 0 saturated carbocycles. The van der Waals surface area contributed by atoms with E-state index in [1.54, 1.807) is 12.1 Å². The van der Waals surface area contributed by atoms with Crippen LogP contribution in [0, 0.1) is 11.7 Å². The predicted octanol–water partition coefficient (Wildman–Crippen LogP) is 3.53. The monoisotopic (exact) mass is 304 g/mol. The van der Waals surface area contributed by atoms with Gasteiger partial charge in [0.2, 0.25) is 0 Å². The normalized spacial score (nSPS) is 10.3. The Morgan fingerprint density at radius 3 is 2.75 bits per heavy atom. The van der Waals surface area contributed by atoms with E-state index in [0.717, 1.165) is 6.54 Å². The van der Waals surface area contributed by atoms with Crippen molar-refractivity contribution >= 4 is 38.9 Å². The van der Waals surface area contributed by atoms with Gasteiger partial charge in [0.05, 0.1) is 4.47 Å². The Labute approximate surface area is 109 Å². The van der Waals surface area contributed by atoms with E-state index in [4.69, 9.17) is 12.2 Å². The maximum Gasteiger partial charge on any atom is 0.170 e. The summed E-state index contributed by atoms with van der Waals surface area (Å²) in [7, 11) is 0.